The van der Waals surface area contributed by atoms with Crippen LogP contribution in [0.4, 0.5) is 4.39 Å². The molecule has 36 heavy (non-hydrogen) atoms. The molecule has 6 heteroatoms. The first kappa shape index (κ1) is 25.7. The molecular formula is C30H25FIrNO3-. The van der Waals surface area contributed by atoms with Crippen LogP contribution in [0.3, 0.4) is 0 Å². The molecule has 1 N–H and O–H groups in total. The van der Waals surface area contributed by atoms with E-state index >= 15 is 0 Å². The zero-order valence-corrected chi connectivity index (χ0v) is 22.4. The molecule has 1 aliphatic carbocycles. The van der Waals surface area contributed by atoms with Crippen molar-refractivity contribution >= 4 is 38.5 Å². The third-order valence-corrected chi connectivity index (χ3v) is 6.26. The Morgan fingerprint density at radius 3 is 2.33 bits per heavy atom. The second-order valence-corrected chi connectivity index (χ2v) is 8.97. The smallest absolute Gasteiger partial charge is 0.155 e. The Labute approximate surface area is 222 Å². The number of aliphatic hydroxyl groups is 1. The van der Waals surface area contributed by atoms with E-state index in [9.17, 15) is 9.18 Å². The van der Waals surface area contributed by atoms with Gasteiger partial charge in [0.2, 0.25) is 0 Å². The Balaban J connectivity index is 0.000000338. The number of furan rings is 1. The van der Waals surface area contributed by atoms with Crippen LogP contribution in [0.1, 0.15) is 37.8 Å². The zero-order chi connectivity index (χ0) is 24.5. The van der Waals surface area contributed by atoms with Crippen molar-refractivity contribution in [1.29, 1.82) is 0 Å². The third-order valence-electron chi connectivity index (χ3n) is 6.26. The number of halogens is 1. The summed E-state index contributed by atoms with van der Waals surface area (Å²) in [5, 5.41) is 12.7. The van der Waals surface area contributed by atoms with Crippen LogP contribution < -0.4 is 0 Å². The van der Waals surface area contributed by atoms with Crippen LogP contribution in [0.25, 0.3) is 44.0 Å². The van der Waals surface area contributed by atoms with E-state index in [1.54, 1.807) is 12.3 Å². The normalized spacial score (nSPS) is 13.1. The van der Waals surface area contributed by atoms with Gasteiger partial charge < -0.3 is 14.5 Å². The number of carbonyl (C=O) groups excluding carboxylic acids is 1. The standard InChI is InChI=1S/C25H17FNO.C5H8O2.Ir/c26-19-7-5-15(6-8-19)25-20-14-22-21-11-16-3-1-2-4-17(16)12-23(21)28-24(22)13-18(20)9-10-27-25;1-4(6)3-5(2)7;/h5,7-14H,1-4H2;3,6H,1-2H3;/q-1;;/b;4-3-;. The summed E-state index contributed by atoms with van der Waals surface area (Å²) in [6.07, 6.45) is 7.74. The summed E-state index contributed by atoms with van der Waals surface area (Å²) >= 11 is 0. The van der Waals surface area contributed by atoms with E-state index in [-0.39, 0.29) is 37.5 Å². The number of nitrogens with zero attached hydrogens (tertiary/aromatic N) is 1. The van der Waals surface area contributed by atoms with Crippen molar-refractivity contribution in [3.8, 4) is 11.3 Å². The van der Waals surface area contributed by atoms with Crippen LogP contribution in [-0.2, 0) is 37.7 Å². The molecule has 0 saturated carbocycles. The van der Waals surface area contributed by atoms with Gasteiger partial charge in [-0.3, -0.25) is 9.18 Å². The number of rotatable bonds is 2. The molecule has 0 aliphatic heterocycles. The number of aromatic nitrogens is 1. The van der Waals surface area contributed by atoms with Gasteiger partial charge >= 0.3 is 0 Å². The van der Waals surface area contributed by atoms with Gasteiger partial charge in [-0.15, -0.1) is 29.8 Å². The molecule has 5 aromatic rings. The minimum absolute atomic E-state index is 0. The Hall–Kier alpha value is -3.34. The number of aryl methyl sites for hydroxylation is 2. The molecular weight excluding hydrogens is 634 g/mol. The fourth-order valence-corrected chi connectivity index (χ4v) is 4.73. The Morgan fingerprint density at radius 1 is 1.00 bits per heavy atom. The van der Waals surface area contributed by atoms with E-state index in [2.05, 4.69) is 35.3 Å². The van der Waals surface area contributed by atoms with Gasteiger partial charge in [0.1, 0.15) is 11.2 Å². The summed E-state index contributed by atoms with van der Waals surface area (Å²) in [5.41, 5.74) is 6.31. The maximum Gasteiger partial charge on any atom is 0.155 e. The first-order chi connectivity index (χ1) is 16.9. The largest absolute Gasteiger partial charge is 0.512 e. The number of ketones is 1. The fraction of sp³-hybridized carbons (Fsp3) is 0.200. The molecule has 0 spiro atoms. The summed E-state index contributed by atoms with van der Waals surface area (Å²) in [7, 11) is 0. The second-order valence-electron chi connectivity index (χ2n) is 8.97. The van der Waals surface area contributed by atoms with Gasteiger partial charge in [0.05, 0.1) is 5.76 Å². The monoisotopic (exact) mass is 659 g/mol. The van der Waals surface area contributed by atoms with Crippen molar-refractivity contribution in [2.75, 3.05) is 0 Å². The van der Waals surface area contributed by atoms with Gasteiger partial charge in [-0.05, 0) is 97.5 Å². The summed E-state index contributed by atoms with van der Waals surface area (Å²) in [6, 6.07) is 18.3. The van der Waals surface area contributed by atoms with Crippen molar-refractivity contribution in [3.63, 3.8) is 0 Å². The van der Waals surface area contributed by atoms with Crippen LogP contribution in [0.15, 0.2) is 71.0 Å². The van der Waals surface area contributed by atoms with E-state index in [0.717, 1.165) is 56.8 Å². The first-order valence-corrected chi connectivity index (χ1v) is 11.7. The van der Waals surface area contributed by atoms with Crippen molar-refractivity contribution in [2.45, 2.75) is 39.5 Å². The third kappa shape index (κ3) is 5.25. The number of hydrogen-bond acceptors (Lipinski definition) is 4. The van der Waals surface area contributed by atoms with Gasteiger partial charge in [-0.2, -0.15) is 0 Å². The van der Waals surface area contributed by atoms with E-state index in [4.69, 9.17) is 9.52 Å². The van der Waals surface area contributed by atoms with Crippen molar-refractivity contribution in [3.05, 3.63) is 89.6 Å². The van der Waals surface area contributed by atoms with E-state index in [1.807, 2.05) is 6.07 Å². The van der Waals surface area contributed by atoms with Crippen LogP contribution in [0.5, 0.6) is 0 Å². The molecule has 1 aliphatic rings. The molecule has 2 aromatic heterocycles. The minimum atomic E-state index is -0.294. The van der Waals surface area contributed by atoms with Gasteiger partial charge in [0, 0.05) is 49.0 Å². The molecule has 0 unspecified atom stereocenters. The molecule has 0 bridgehead atoms. The quantitative estimate of drug-likeness (QED) is 0.120. The molecule has 0 amide bonds. The van der Waals surface area contributed by atoms with Gasteiger partial charge in [0.25, 0.3) is 0 Å². The van der Waals surface area contributed by atoms with Crippen LogP contribution in [-0.4, -0.2) is 15.9 Å². The molecule has 4 nitrogen and oxygen atoms in total. The van der Waals surface area contributed by atoms with Crippen LogP contribution in [0.2, 0.25) is 0 Å². The number of pyridine rings is 1. The van der Waals surface area contributed by atoms with Crippen molar-refractivity contribution in [1.82, 2.24) is 4.98 Å². The topological polar surface area (TPSA) is 63.3 Å². The molecule has 185 valence electrons. The molecule has 3 aromatic carbocycles. The number of allylic oxidation sites excluding steroid dienone is 2. The van der Waals surface area contributed by atoms with Gasteiger partial charge in [0.15, 0.2) is 5.78 Å². The van der Waals surface area contributed by atoms with Gasteiger partial charge in [-0.1, -0.05) is 0 Å². The van der Waals surface area contributed by atoms with E-state index in [1.165, 1.54) is 56.0 Å². The Kier molecular flexibility index (Phi) is 7.67. The first-order valence-electron chi connectivity index (χ1n) is 11.7. The summed E-state index contributed by atoms with van der Waals surface area (Å²) < 4.78 is 19.5. The number of benzene rings is 3. The maximum atomic E-state index is 13.3. The molecule has 2 heterocycles. The van der Waals surface area contributed by atoms with Crippen molar-refractivity contribution in [2.24, 2.45) is 0 Å². The fourth-order valence-electron chi connectivity index (χ4n) is 4.73. The number of aliphatic hydroxyl groups excluding tert-OH is 1. The average Bonchev–Trinajstić information content (AvgIpc) is 3.17. The second kappa shape index (κ2) is 10.7. The molecule has 6 rings (SSSR count). The predicted octanol–water partition coefficient (Wildman–Crippen LogP) is 7.65. The van der Waals surface area contributed by atoms with E-state index in [0.29, 0.717) is 0 Å². The number of fused-ring (bicyclic) bond motifs is 5. The predicted molar refractivity (Wildman–Crippen MR) is 137 cm³/mol. The number of hydrogen-bond donors (Lipinski definition) is 1. The van der Waals surface area contributed by atoms with Crippen LogP contribution in [0, 0.1) is 11.9 Å². The molecule has 0 saturated heterocycles. The average molecular weight is 659 g/mol. The van der Waals surface area contributed by atoms with Crippen molar-refractivity contribution < 1.29 is 38.8 Å². The maximum absolute atomic E-state index is 13.3. The van der Waals surface area contributed by atoms with Crippen LogP contribution >= 0.6 is 0 Å². The molecule has 0 fully saturated rings. The van der Waals surface area contributed by atoms with E-state index < -0.39 is 0 Å². The minimum Gasteiger partial charge on any atom is -0.512 e. The Bertz CT molecular complexity index is 1600. The van der Waals surface area contributed by atoms with Gasteiger partial charge in [-0.25, -0.2) is 0 Å². The zero-order valence-electron chi connectivity index (χ0n) is 20.0. The summed E-state index contributed by atoms with van der Waals surface area (Å²) in [4.78, 5) is 14.6. The number of carbonyl (C=O) groups is 1. The summed E-state index contributed by atoms with van der Waals surface area (Å²) in [5.74, 6) is -0.357. The molecule has 1 radical (unpaired) electrons. The Morgan fingerprint density at radius 2 is 1.69 bits per heavy atom. The summed E-state index contributed by atoms with van der Waals surface area (Å²) in [6.45, 7) is 2.85. The molecule has 0 atom stereocenters. The SMILES string of the molecule is CC(=O)/C=C(/C)O.Fc1c[c-]c(-c2nccc3cc4oc5cc6c(cc5c4cc23)CCCC6)cc1.[Ir].